The van der Waals surface area contributed by atoms with Crippen LogP contribution in [-0.2, 0) is 12.8 Å². The predicted molar refractivity (Wildman–Crippen MR) is 119 cm³/mol. The normalized spacial score (nSPS) is 13.6. The van der Waals surface area contributed by atoms with Crippen molar-refractivity contribution < 1.29 is 27.0 Å². The van der Waals surface area contributed by atoms with Gasteiger partial charge >= 0.3 is 6.18 Å². The first-order valence-electron chi connectivity index (χ1n) is 11.0. The van der Waals surface area contributed by atoms with E-state index in [1.54, 1.807) is 12.1 Å². The highest BCUT2D eigenvalue weighted by molar-refractivity contribution is 5.66. The lowest BCUT2D eigenvalue weighted by atomic mass is 10.1. The molecule has 0 saturated heterocycles. The number of hydrogen-bond donors (Lipinski definition) is 0. The molecule has 186 valence electrons. The van der Waals surface area contributed by atoms with Crippen molar-refractivity contribution in [2.45, 2.75) is 38.5 Å². The van der Waals surface area contributed by atoms with Crippen LogP contribution in [0.4, 0.5) is 17.6 Å². The van der Waals surface area contributed by atoms with Gasteiger partial charge in [-0.25, -0.2) is 24.0 Å². The van der Waals surface area contributed by atoms with Crippen LogP contribution in [0.5, 0.6) is 11.8 Å². The Morgan fingerprint density at radius 3 is 2.56 bits per heavy atom. The van der Waals surface area contributed by atoms with Gasteiger partial charge in [0.2, 0.25) is 11.8 Å². The van der Waals surface area contributed by atoms with Crippen molar-refractivity contribution in [3.63, 3.8) is 0 Å². The van der Waals surface area contributed by atoms with Gasteiger partial charge < -0.3 is 9.47 Å². The standard InChI is InChI=1S/C24H20F4N6O2/c1-13-9-18(24(26,27)28)33-34(13)17-6-3-14(10-16(17)25)11-36-19-7-8-29-22(32-19)20-21(15-4-5-15)30-12-31-23(20)35-2/h3,6-10,12,15H,4-5,11H2,1-2H3. The van der Waals surface area contributed by atoms with Crippen molar-refractivity contribution in [3.8, 4) is 28.8 Å². The van der Waals surface area contributed by atoms with Crippen LogP contribution < -0.4 is 9.47 Å². The average molecular weight is 500 g/mol. The summed E-state index contributed by atoms with van der Waals surface area (Å²) in [4.78, 5) is 17.3. The zero-order valence-corrected chi connectivity index (χ0v) is 19.3. The fraction of sp³-hybridized carbons (Fsp3) is 0.292. The molecule has 36 heavy (non-hydrogen) atoms. The van der Waals surface area contributed by atoms with E-state index in [1.807, 2.05) is 0 Å². The Kier molecular flexibility index (Phi) is 6.02. The van der Waals surface area contributed by atoms with Gasteiger partial charge in [0.05, 0.1) is 12.8 Å². The summed E-state index contributed by atoms with van der Waals surface area (Å²) in [7, 11) is 1.51. The summed E-state index contributed by atoms with van der Waals surface area (Å²) in [6.07, 6.45) is 0.388. The Bertz CT molecular complexity index is 1420. The van der Waals surface area contributed by atoms with Crippen molar-refractivity contribution in [1.82, 2.24) is 29.7 Å². The molecule has 3 heterocycles. The molecule has 0 bridgehead atoms. The van der Waals surface area contributed by atoms with Gasteiger partial charge in [0.15, 0.2) is 11.5 Å². The van der Waals surface area contributed by atoms with E-state index in [1.165, 1.54) is 38.7 Å². The number of halogens is 4. The Hall–Kier alpha value is -4.09. The van der Waals surface area contributed by atoms with E-state index in [9.17, 15) is 17.6 Å². The molecule has 1 aliphatic rings. The van der Waals surface area contributed by atoms with Gasteiger partial charge in [0.25, 0.3) is 0 Å². The quantitative estimate of drug-likeness (QED) is 0.328. The Balaban J connectivity index is 1.35. The van der Waals surface area contributed by atoms with Crippen LogP contribution in [0.2, 0.25) is 0 Å². The maximum Gasteiger partial charge on any atom is 0.435 e. The minimum Gasteiger partial charge on any atom is -0.480 e. The van der Waals surface area contributed by atoms with Crippen LogP contribution in [0, 0.1) is 12.7 Å². The molecule has 0 amide bonds. The Morgan fingerprint density at radius 2 is 1.89 bits per heavy atom. The zero-order chi connectivity index (χ0) is 25.4. The highest BCUT2D eigenvalue weighted by Gasteiger charge is 2.35. The number of hydrogen-bond acceptors (Lipinski definition) is 7. The third-order valence-corrected chi connectivity index (χ3v) is 5.66. The first kappa shape index (κ1) is 23.6. The third-order valence-electron chi connectivity index (χ3n) is 5.66. The van der Waals surface area contributed by atoms with E-state index >= 15 is 0 Å². The molecule has 0 atom stereocenters. The summed E-state index contributed by atoms with van der Waals surface area (Å²) in [5, 5.41) is 3.49. The minimum atomic E-state index is -4.62. The van der Waals surface area contributed by atoms with E-state index in [4.69, 9.17) is 9.47 Å². The van der Waals surface area contributed by atoms with Crippen LogP contribution in [0.15, 0.2) is 42.9 Å². The summed E-state index contributed by atoms with van der Waals surface area (Å²) < 4.78 is 65.7. The van der Waals surface area contributed by atoms with Crippen LogP contribution >= 0.6 is 0 Å². The lowest BCUT2D eigenvalue weighted by molar-refractivity contribution is -0.141. The molecular weight excluding hydrogens is 480 g/mol. The highest BCUT2D eigenvalue weighted by atomic mass is 19.4. The first-order chi connectivity index (χ1) is 17.2. The van der Waals surface area contributed by atoms with Crippen molar-refractivity contribution in [2.24, 2.45) is 0 Å². The lowest BCUT2D eigenvalue weighted by Crippen LogP contribution is -2.08. The van der Waals surface area contributed by atoms with Gasteiger partial charge in [0, 0.05) is 23.9 Å². The van der Waals surface area contributed by atoms with Gasteiger partial charge in [-0.15, -0.1) is 0 Å². The van der Waals surface area contributed by atoms with Crippen molar-refractivity contribution in [3.05, 3.63) is 71.3 Å². The molecule has 0 N–H and O–H groups in total. The van der Waals surface area contributed by atoms with Crippen molar-refractivity contribution in [1.29, 1.82) is 0 Å². The third kappa shape index (κ3) is 4.70. The lowest BCUT2D eigenvalue weighted by Gasteiger charge is -2.12. The van der Waals surface area contributed by atoms with Gasteiger partial charge in [-0.05, 0) is 43.5 Å². The molecule has 0 radical (unpaired) electrons. The number of benzene rings is 1. The SMILES string of the molecule is COc1ncnc(C2CC2)c1-c1nccc(OCc2ccc(-n3nc(C(F)(F)F)cc3C)c(F)c2)n1. The number of methoxy groups -OCH3 is 1. The molecule has 12 heteroatoms. The number of aromatic nitrogens is 6. The summed E-state index contributed by atoms with van der Waals surface area (Å²) in [6.45, 7) is 1.39. The molecule has 3 aromatic heterocycles. The van der Waals surface area contributed by atoms with E-state index < -0.39 is 17.7 Å². The molecule has 1 saturated carbocycles. The first-order valence-corrected chi connectivity index (χ1v) is 11.0. The van der Waals surface area contributed by atoms with Crippen LogP contribution in [0.3, 0.4) is 0 Å². The Morgan fingerprint density at radius 1 is 1.08 bits per heavy atom. The smallest absolute Gasteiger partial charge is 0.435 e. The molecule has 5 rings (SSSR count). The summed E-state index contributed by atoms with van der Waals surface area (Å²) in [5.74, 6) is 0.527. The van der Waals surface area contributed by atoms with Gasteiger partial charge in [-0.2, -0.15) is 23.3 Å². The average Bonchev–Trinajstić information content (AvgIpc) is 3.63. The second kappa shape index (κ2) is 9.17. The molecular formula is C24H20F4N6O2. The minimum absolute atomic E-state index is 0.0303. The summed E-state index contributed by atoms with van der Waals surface area (Å²) >= 11 is 0. The fourth-order valence-electron chi connectivity index (χ4n) is 3.78. The van der Waals surface area contributed by atoms with Crippen molar-refractivity contribution >= 4 is 0 Å². The van der Waals surface area contributed by atoms with Gasteiger partial charge in [0.1, 0.15) is 30.0 Å². The topological polar surface area (TPSA) is 87.8 Å². The number of rotatable bonds is 7. The largest absolute Gasteiger partial charge is 0.480 e. The van der Waals surface area contributed by atoms with E-state index in [0.717, 1.165) is 29.3 Å². The van der Waals surface area contributed by atoms with Gasteiger partial charge in [-0.3, -0.25) is 0 Å². The number of alkyl halides is 3. The highest BCUT2D eigenvalue weighted by Crippen LogP contribution is 2.44. The van der Waals surface area contributed by atoms with E-state index in [2.05, 4.69) is 25.0 Å². The molecule has 1 aliphatic carbocycles. The molecule has 0 aliphatic heterocycles. The molecule has 8 nitrogen and oxygen atoms in total. The summed E-state index contributed by atoms with van der Waals surface area (Å²) in [6, 6.07) is 6.52. The zero-order valence-electron chi connectivity index (χ0n) is 19.3. The number of ether oxygens (including phenoxy) is 2. The number of aryl methyl sites for hydroxylation is 1. The van der Waals surface area contributed by atoms with Crippen LogP contribution in [0.25, 0.3) is 17.1 Å². The second-order valence-corrected chi connectivity index (χ2v) is 8.29. The van der Waals surface area contributed by atoms with Crippen molar-refractivity contribution in [2.75, 3.05) is 7.11 Å². The van der Waals surface area contributed by atoms with Crippen LogP contribution in [0.1, 0.15) is 41.4 Å². The molecule has 0 unspecified atom stereocenters. The van der Waals surface area contributed by atoms with Gasteiger partial charge in [-0.1, -0.05) is 6.07 Å². The Labute approximate surface area is 203 Å². The monoisotopic (exact) mass is 500 g/mol. The maximum atomic E-state index is 14.8. The van der Waals surface area contributed by atoms with E-state index in [-0.39, 0.29) is 23.9 Å². The molecule has 1 fully saturated rings. The maximum absolute atomic E-state index is 14.8. The fourth-order valence-corrected chi connectivity index (χ4v) is 3.78. The molecule has 1 aromatic carbocycles. The predicted octanol–water partition coefficient (Wildman–Crippen LogP) is 5.05. The molecule has 4 aromatic rings. The van der Waals surface area contributed by atoms with E-state index in [0.29, 0.717) is 28.7 Å². The number of nitrogens with zero attached hydrogens (tertiary/aromatic N) is 6. The van der Waals surface area contributed by atoms with Crippen LogP contribution in [-0.4, -0.2) is 36.8 Å². The second-order valence-electron chi connectivity index (χ2n) is 8.29. The molecule has 0 spiro atoms. The summed E-state index contributed by atoms with van der Waals surface area (Å²) in [5.41, 5.74) is 0.855.